The lowest BCUT2D eigenvalue weighted by Gasteiger charge is -2.41. The summed E-state index contributed by atoms with van der Waals surface area (Å²) in [6.07, 6.45) is 4.72. The van der Waals surface area contributed by atoms with E-state index in [2.05, 4.69) is 60.4 Å². The van der Waals surface area contributed by atoms with E-state index in [1.807, 2.05) is 12.1 Å². The number of aromatic nitrogens is 10. The Bertz CT molecular complexity index is 4920. The van der Waals surface area contributed by atoms with Crippen molar-refractivity contribution in [2.24, 2.45) is 33.6 Å². The van der Waals surface area contributed by atoms with Crippen molar-refractivity contribution < 1.29 is 41.4 Å². The SMILES string of the molecule is Cc1cc(C#N)nc2nc[nH]c(=O)c12.Cc1cc(C#N)nc2ncn(Cc3nc(C4CC(F)(c5ccc(Cl)cc5)C4)no3)c(=O)c12.FC1(c2ccc(Cl)cc2)CC(c2noc(CCl)n2)C1.N/C(=N\O)C1CC(F)(c2ccc(Cl)cc2)C1.N/C(=N\OC(=O)CCl)C1CC(F)(c2ccc(Cl)cc2)C1. The predicted molar refractivity (Wildman–Crippen MR) is 368 cm³/mol. The Hall–Kier alpha value is -9.61. The smallest absolute Gasteiger partial charge is 0.349 e. The number of amidine groups is 2. The molecule has 23 nitrogen and oxygen atoms in total. The number of nitrogens with one attached hydrogen (secondary N) is 1. The number of oxime groups is 2. The number of aromatic amines is 1. The van der Waals surface area contributed by atoms with Gasteiger partial charge in [-0.25, -0.2) is 42.3 Å². The number of pyridine rings is 2. The zero-order valence-electron chi connectivity index (χ0n) is 53.3. The molecule has 0 radical (unpaired) electrons. The van der Waals surface area contributed by atoms with Crippen molar-refractivity contribution in [1.82, 2.24) is 49.8 Å². The molecule has 0 spiro atoms. The van der Waals surface area contributed by atoms with Crippen molar-refractivity contribution in [2.75, 3.05) is 5.88 Å². The molecule has 0 aliphatic heterocycles. The standard InChI is InChI=1S/C22H16ClFN6O2.C13H13Cl2FN2O2.C13H11Cl2FN2O.C11H12ClFN2O.C9H6N4O/c1-12-6-16(9-25)27-20-18(12)21(31)30(11-26-20)10-17-28-19(29-32-17)13-7-22(24,8-13)14-2-4-15(23)5-3-14;14-7-11(19)20-18-12(17)8-5-13(16,6-8)9-1-3-10(15)4-2-9;14-7-11-17-12(18-19-11)8-5-13(16,6-8)9-1-3-10(15)4-2-9;12-9-3-1-8(2-4-9)11(13)5-7(6-11)10(14)15-16;1-5-2-6(3-10)13-8-7(5)9(14)12-4-11-8/h2-6,11,13H,7-8,10H2,1H3;1-4,8H,5-7H2,(H2,17,18);1-4,8H,5-7H2;1-4,7,16H,5-6H2,(H2,14,15);2,4H,1H3,(H,11,12,13,14). The van der Waals surface area contributed by atoms with E-state index < -0.39 is 28.6 Å². The van der Waals surface area contributed by atoms with E-state index >= 15 is 4.39 Å². The molecule has 33 heteroatoms. The zero-order chi connectivity index (χ0) is 72.6. The molecule has 4 aliphatic carbocycles. The predicted octanol–water partition coefficient (Wildman–Crippen LogP) is 14.1. The lowest BCUT2D eigenvalue weighted by atomic mass is 9.68. The molecule has 6 aromatic heterocycles. The molecular weight excluding hydrogens is 1440 g/mol. The quantitative estimate of drug-likeness (QED) is 0.0158. The van der Waals surface area contributed by atoms with E-state index in [1.54, 1.807) is 123 Å². The number of carbonyl (C=O) groups is 1. The van der Waals surface area contributed by atoms with Gasteiger partial charge in [0.15, 0.2) is 22.9 Å². The highest BCUT2D eigenvalue weighted by molar-refractivity contribution is 6.31. The fraction of sp³-hybridized carbons (Fsp3) is 0.309. The summed E-state index contributed by atoms with van der Waals surface area (Å²) in [5.41, 5.74) is 9.63. The number of halogens is 10. The zero-order valence-corrected chi connectivity index (χ0v) is 57.8. The molecule has 6 heterocycles. The van der Waals surface area contributed by atoms with Gasteiger partial charge in [0.25, 0.3) is 11.1 Å². The van der Waals surface area contributed by atoms with Crippen molar-refractivity contribution in [1.29, 1.82) is 10.5 Å². The van der Waals surface area contributed by atoms with Gasteiger partial charge in [0.1, 0.15) is 82.5 Å². The van der Waals surface area contributed by atoms with Gasteiger partial charge in [0, 0.05) is 43.8 Å². The molecule has 10 aromatic rings. The maximum absolute atomic E-state index is 15.1. The molecule has 0 saturated heterocycles. The Balaban J connectivity index is 0.000000141. The topological polar surface area (TPSA) is 355 Å². The first-order valence-electron chi connectivity index (χ1n) is 30.8. The molecule has 522 valence electrons. The van der Waals surface area contributed by atoms with Crippen LogP contribution in [0.4, 0.5) is 17.6 Å². The van der Waals surface area contributed by atoms with Crippen molar-refractivity contribution in [3.63, 3.8) is 0 Å². The molecule has 0 amide bonds. The average molecular weight is 1500 g/mol. The third-order valence-electron chi connectivity index (χ3n) is 17.5. The summed E-state index contributed by atoms with van der Waals surface area (Å²) >= 11 is 34.0. The molecule has 4 saturated carbocycles. The van der Waals surface area contributed by atoms with Gasteiger partial charge in [-0.05, 0) is 159 Å². The van der Waals surface area contributed by atoms with E-state index in [4.69, 9.17) is 106 Å². The number of H-pyrrole nitrogens is 1. The van der Waals surface area contributed by atoms with E-state index in [0.717, 1.165) is 0 Å². The Morgan fingerprint density at radius 1 is 0.624 bits per heavy atom. The number of aryl methyl sites for hydroxylation is 2. The number of benzene rings is 4. The fourth-order valence-electron chi connectivity index (χ4n) is 11.8. The molecule has 4 aliphatic rings. The van der Waals surface area contributed by atoms with Crippen LogP contribution in [0.2, 0.25) is 20.1 Å². The molecule has 0 bridgehead atoms. The Kier molecular flexibility index (Phi) is 23.1. The normalized spacial score (nSPS) is 22.6. The second kappa shape index (κ2) is 31.5. The number of nitriles is 2. The summed E-state index contributed by atoms with van der Waals surface area (Å²) in [5, 5.41) is 43.4. The molecule has 14 rings (SSSR count). The monoisotopic (exact) mass is 1500 g/mol. The van der Waals surface area contributed by atoms with Crippen LogP contribution >= 0.6 is 69.6 Å². The van der Waals surface area contributed by atoms with Crippen molar-refractivity contribution in [3.8, 4) is 12.1 Å². The second-order valence-electron chi connectivity index (χ2n) is 24.4. The third-order valence-corrected chi connectivity index (χ3v) is 18.9. The lowest BCUT2D eigenvalue weighted by molar-refractivity contribution is -0.140. The Morgan fingerprint density at radius 2 is 1.02 bits per heavy atom. The molecule has 0 unspecified atom stereocenters. The Labute approximate surface area is 602 Å². The minimum atomic E-state index is -1.44. The number of nitrogens with two attached hydrogens (primary N) is 2. The molecule has 101 heavy (non-hydrogen) atoms. The van der Waals surface area contributed by atoms with E-state index in [-0.39, 0.29) is 126 Å². The van der Waals surface area contributed by atoms with Crippen LogP contribution in [0.3, 0.4) is 0 Å². The summed E-state index contributed by atoms with van der Waals surface area (Å²) < 4.78 is 70.2. The number of fused-ring (bicyclic) bond motifs is 2. The summed E-state index contributed by atoms with van der Waals surface area (Å²) in [4.78, 5) is 66.6. The highest BCUT2D eigenvalue weighted by Gasteiger charge is 2.51. The first-order valence-corrected chi connectivity index (χ1v) is 33.4. The fourth-order valence-corrected chi connectivity index (χ4v) is 12.5. The van der Waals surface area contributed by atoms with Crippen LogP contribution in [-0.2, 0) is 44.7 Å². The summed E-state index contributed by atoms with van der Waals surface area (Å²) in [6, 6.07) is 33.8. The van der Waals surface area contributed by atoms with E-state index in [1.165, 1.54) is 17.2 Å². The first kappa shape index (κ1) is 74.1. The molecule has 6 N–H and O–H groups in total. The van der Waals surface area contributed by atoms with Crippen molar-refractivity contribution >= 4 is 109 Å². The number of rotatable bonds is 13. The maximum atomic E-state index is 15.1. The minimum absolute atomic E-state index is 0.0126. The third kappa shape index (κ3) is 17.2. The van der Waals surface area contributed by atoms with Gasteiger partial charge in [-0.3, -0.25) is 14.2 Å². The first-order chi connectivity index (χ1) is 48.2. The van der Waals surface area contributed by atoms with Crippen LogP contribution in [0.25, 0.3) is 22.1 Å². The van der Waals surface area contributed by atoms with Gasteiger partial charge in [-0.2, -0.15) is 20.5 Å². The van der Waals surface area contributed by atoms with Crippen LogP contribution in [0.15, 0.2) is 151 Å². The summed E-state index contributed by atoms with van der Waals surface area (Å²) in [5.74, 6) is 0.326. The van der Waals surface area contributed by atoms with Gasteiger partial charge in [0.05, 0.1) is 17.1 Å². The van der Waals surface area contributed by atoms with Gasteiger partial charge in [0.2, 0.25) is 11.8 Å². The van der Waals surface area contributed by atoms with Crippen LogP contribution in [0.1, 0.15) is 131 Å². The molecule has 4 fully saturated rings. The number of hydrogen-bond donors (Lipinski definition) is 4. The van der Waals surface area contributed by atoms with Gasteiger partial charge < -0.3 is 35.5 Å². The van der Waals surface area contributed by atoms with Gasteiger partial charge in [-0.15, -0.1) is 23.2 Å². The van der Waals surface area contributed by atoms with E-state index in [9.17, 15) is 27.6 Å². The van der Waals surface area contributed by atoms with Crippen LogP contribution in [0, 0.1) is 48.3 Å². The van der Waals surface area contributed by atoms with Gasteiger partial charge >= 0.3 is 5.97 Å². The molecular formula is C68H58Cl6F4N16O7. The number of nitrogens with zero attached hydrogens (tertiary/aromatic N) is 13. The number of carbonyl (C=O) groups excluding carboxylic acids is 1. The lowest BCUT2D eigenvalue weighted by Crippen LogP contribution is -2.44. The highest BCUT2D eigenvalue weighted by Crippen LogP contribution is 2.55. The van der Waals surface area contributed by atoms with Crippen LogP contribution in [-0.4, -0.2) is 78.5 Å². The minimum Gasteiger partial charge on any atom is -0.409 e. The van der Waals surface area contributed by atoms with Crippen molar-refractivity contribution in [3.05, 3.63) is 231 Å². The van der Waals surface area contributed by atoms with E-state index in [0.29, 0.717) is 100 Å². The summed E-state index contributed by atoms with van der Waals surface area (Å²) in [7, 11) is 0. The van der Waals surface area contributed by atoms with Crippen LogP contribution < -0.4 is 22.6 Å². The largest absolute Gasteiger partial charge is 0.409 e. The maximum Gasteiger partial charge on any atom is 0.349 e. The molecule has 0 atom stereocenters. The van der Waals surface area contributed by atoms with Crippen LogP contribution in [0.5, 0.6) is 0 Å². The second-order valence-corrected chi connectivity index (χ2v) is 26.6. The van der Waals surface area contributed by atoms with Gasteiger partial charge in [-0.1, -0.05) is 116 Å². The highest BCUT2D eigenvalue weighted by atomic mass is 35.5. The van der Waals surface area contributed by atoms with Crippen molar-refractivity contribution in [2.45, 2.75) is 112 Å². The Morgan fingerprint density at radius 3 is 1.43 bits per heavy atom. The average Bonchev–Trinajstić information content (AvgIpc) is 1.65. The number of alkyl halides is 6. The molecule has 4 aromatic carbocycles. The number of hydrogen-bond acceptors (Lipinski definition) is 19. The summed E-state index contributed by atoms with van der Waals surface area (Å²) in [6.45, 7) is 3.50.